The smallest absolute Gasteiger partial charge is 0.379 e. The topological polar surface area (TPSA) is 138 Å². The van der Waals surface area contributed by atoms with Gasteiger partial charge < -0.3 is 24.6 Å². The van der Waals surface area contributed by atoms with E-state index in [1.807, 2.05) is 75.5 Å². The van der Waals surface area contributed by atoms with Gasteiger partial charge in [-0.25, -0.2) is 4.98 Å². The van der Waals surface area contributed by atoms with E-state index < -0.39 is 42.5 Å². The third kappa shape index (κ3) is 17.7. The van der Waals surface area contributed by atoms with E-state index in [0.29, 0.717) is 19.4 Å². The molecule has 3 amide bonds. The zero-order valence-electron chi connectivity index (χ0n) is 43.5. The molecule has 9 atom stereocenters. The van der Waals surface area contributed by atoms with E-state index in [4.69, 9.17) is 14.3 Å². The van der Waals surface area contributed by atoms with Crippen LogP contribution in [0.2, 0.25) is 0 Å². The fourth-order valence-electron chi connectivity index (χ4n) is 9.79. The van der Waals surface area contributed by atoms with Gasteiger partial charge in [0.25, 0.3) is 0 Å². The zero-order valence-corrected chi connectivity index (χ0v) is 44.4. The quantitative estimate of drug-likeness (QED) is 0.0781. The Balaban J connectivity index is 0.00000202. The summed E-state index contributed by atoms with van der Waals surface area (Å²) in [4.78, 5) is 76.4. The fourth-order valence-corrected chi connectivity index (χ4v) is 10.5. The second kappa shape index (κ2) is 29.1. The molecule has 0 aliphatic carbocycles. The van der Waals surface area contributed by atoms with Crippen molar-refractivity contribution in [3.05, 3.63) is 87.9 Å². The van der Waals surface area contributed by atoms with Gasteiger partial charge in [0.1, 0.15) is 5.01 Å². The number of aldehydes is 1. The highest BCUT2D eigenvalue weighted by molar-refractivity contribution is 7.09. The second-order valence-corrected chi connectivity index (χ2v) is 20.4. The third-order valence-corrected chi connectivity index (χ3v) is 14.8. The maximum atomic E-state index is 14.7. The van der Waals surface area contributed by atoms with Crippen LogP contribution >= 0.6 is 11.3 Å². The summed E-state index contributed by atoms with van der Waals surface area (Å²) >= 11 is 1.51. The van der Waals surface area contributed by atoms with E-state index in [2.05, 4.69) is 74.1 Å². The molecule has 70 heavy (non-hydrogen) atoms. The highest BCUT2D eigenvalue weighted by atomic mass is 32.1. The largest absolute Gasteiger partial charge is 0.446 e. The van der Waals surface area contributed by atoms with Crippen molar-refractivity contribution in [1.29, 1.82) is 0 Å². The van der Waals surface area contributed by atoms with Gasteiger partial charge in [-0.05, 0) is 73.6 Å². The summed E-state index contributed by atoms with van der Waals surface area (Å²) in [5.74, 6) is -1.38. The number of hydrogen-bond donors (Lipinski definition) is 1. The van der Waals surface area contributed by atoms with Crippen LogP contribution in [0.3, 0.4) is 0 Å². The van der Waals surface area contributed by atoms with E-state index in [9.17, 15) is 32.3 Å². The minimum atomic E-state index is -4.64. The number of carbonyl (C=O) groups is 5. The highest BCUT2D eigenvalue weighted by Crippen LogP contribution is 2.32. The summed E-state index contributed by atoms with van der Waals surface area (Å²) in [6.07, 6.45) is -0.196. The number of aryl methyl sites for hydroxylation is 1. The number of likely N-dealkylation sites (tertiary alicyclic amines) is 1. The molecule has 0 spiro atoms. The van der Waals surface area contributed by atoms with Gasteiger partial charge in [-0.15, -0.1) is 11.3 Å². The molecule has 1 aliphatic rings. The Morgan fingerprint density at radius 1 is 0.900 bits per heavy atom. The van der Waals surface area contributed by atoms with Gasteiger partial charge in [-0.3, -0.25) is 28.9 Å². The van der Waals surface area contributed by atoms with Gasteiger partial charge in [0.2, 0.25) is 24.0 Å². The van der Waals surface area contributed by atoms with E-state index in [0.717, 1.165) is 42.8 Å². The predicted molar refractivity (Wildman–Crippen MR) is 270 cm³/mol. The molecule has 1 saturated heterocycles. The van der Waals surface area contributed by atoms with Gasteiger partial charge in [-0.2, -0.15) is 13.2 Å². The molecule has 1 fully saturated rings. The summed E-state index contributed by atoms with van der Waals surface area (Å²) in [7, 11) is 7.04. The normalized spacial score (nSPS) is 17.5. The standard InChI is InChI=1S/C52H79N5O6S.C2HF3O/c1-13-36(7)48(56(10)52(61)41(34(3)4)32-44(58)47(35(5)6)55(9)29-26-39-24-22-38(14-2)23-25-39)45(62-11)33-46(59)57-28-18-21-43(57)49(63-12)37(8)50(60)54-42(51-53-27-30-64-51)31-40-19-16-15-17-20-40;3-2(4,5)1-6/h15-17,19-20,22-25,27,30,34-37,41-43,45,47-49H,13-14,18,21,26,28-29,31-33H2,1-12H3,(H,54,60);1H/t36-,37+,41-,42-,43-,45+,47-,48-,49+;/m0./s1. The Morgan fingerprint density at radius 2 is 1.53 bits per heavy atom. The minimum absolute atomic E-state index is 0.00244. The van der Waals surface area contributed by atoms with Crippen molar-refractivity contribution in [3.8, 4) is 0 Å². The first kappa shape index (κ1) is 59.8. The van der Waals surface area contributed by atoms with Crippen molar-refractivity contribution in [2.45, 2.75) is 149 Å². The molecule has 390 valence electrons. The molecule has 0 bridgehead atoms. The van der Waals surface area contributed by atoms with E-state index in [-0.39, 0.29) is 72.2 Å². The lowest BCUT2D eigenvalue weighted by atomic mass is 9.83. The first-order valence-corrected chi connectivity index (χ1v) is 25.7. The molecule has 16 heteroatoms. The van der Waals surface area contributed by atoms with Crippen LogP contribution < -0.4 is 5.32 Å². The minimum Gasteiger partial charge on any atom is -0.379 e. The number of methoxy groups -OCH3 is 2. The second-order valence-electron chi connectivity index (χ2n) is 19.5. The average molecular weight is 1000 g/mol. The summed E-state index contributed by atoms with van der Waals surface area (Å²) in [6.45, 7) is 17.7. The summed E-state index contributed by atoms with van der Waals surface area (Å²) < 4.78 is 43.5. The molecule has 1 aliphatic heterocycles. The van der Waals surface area contributed by atoms with Crippen LogP contribution in [0.4, 0.5) is 13.2 Å². The number of nitrogens with one attached hydrogen (secondary N) is 1. The lowest BCUT2D eigenvalue weighted by molar-refractivity contribution is -0.156. The van der Waals surface area contributed by atoms with Crippen LogP contribution in [0, 0.1) is 29.6 Å². The number of thiazole rings is 1. The van der Waals surface area contributed by atoms with E-state index in [1.165, 1.54) is 22.5 Å². The Kier molecular flexibility index (Phi) is 24.9. The van der Waals surface area contributed by atoms with E-state index in [1.54, 1.807) is 25.3 Å². The molecule has 3 aromatic rings. The fraction of sp³-hybridized carbons (Fsp3) is 0.630. The van der Waals surface area contributed by atoms with Crippen LogP contribution in [0.25, 0.3) is 0 Å². The molecule has 2 heterocycles. The molecule has 12 nitrogen and oxygen atoms in total. The van der Waals surface area contributed by atoms with Gasteiger partial charge in [-0.1, -0.05) is 116 Å². The molecule has 1 N–H and O–H groups in total. The SMILES string of the molecule is CCc1ccc(CCN(C)[C@H](C(=O)C[C@H](C(=O)N(C)[C@@H]([C@@H](C)CC)[C@@H](CC(=O)N2CCC[C@H]2[C@H](OC)[C@@H](C)C(=O)N[C@@H](Cc2ccccc2)c2nccs2)OC)C(C)C)C(C)C)cc1.O=CC(F)(F)F. The van der Waals surface area contributed by atoms with Crippen molar-refractivity contribution in [3.63, 3.8) is 0 Å². The Morgan fingerprint density at radius 3 is 2.04 bits per heavy atom. The molecular formula is C54H80F3N5O7S. The van der Waals surface area contributed by atoms with Crippen LogP contribution in [0.15, 0.2) is 66.2 Å². The highest BCUT2D eigenvalue weighted by Gasteiger charge is 2.43. The van der Waals surface area contributed by atoms with Crippen molar-refractivity contribution in [2.24, 2.45) is 29.6 Å². The number of amides is 3. The number of Topliss-reactive ketones (excluding diaryl/α,β-unsaturated/α-hetero) is 1. The van der Waals surface area contributed by atoms with Crippen LogP contribution in [-0.2, 0) is 52.7 Å². The number of ketones is 1. The summed E-state index contributed by atoms with van der Waals surface area (Å²) in [5, 5.41) is 6.00. The number of halogens is 3. The number of rotatable bonds is 26. The number of alkyl halides is 3. The molecular weight excluding hydrogens is 920 g/mol. The maximum Gasteiger partial charge on any atom is 0.446 e. The zero-order chi connectivity index (χ0) is 52.3. The first-order valence-electron chi connectivity index (χ1n) is 24.8. The number of nitrogens with zero attached hydrogens (tertiary/aromatic N) is 4. The number of likely N-dealkylation sites (N-methyl/N-ethyl adjacent to an activating group) is 2. The van der Waals surface area contributed by atoms with Crippen molar-refractivity contribution in [2.75, 3.05) is 41.4 Å². The monoisotopic (exact) mass is 1000 g/mol. The van der Waals surface area contributed by atoms with Crippen LogP contribution in [0.1, 0.15) is 115 Å². The Labute approximate surface area is 419 Å². The maximum absolute atomic E-state index is 14.7. The van der Waals surface area contributed by atoms with Gasteiger partial charge in [0.05, 0.1) is 48.7 Å². The lowest BCUT2D eigenvalue weighted by Gasteiger charge is -2.41. The average Bonchev–Trinajstić information content (AvgIpc) is 4.06. The Hall–Kier alpha value is -4.51. The van der Waals surface area contributed by atoms with Gasteiger partial charge in [0.15, 0.2) is 5.78 Å². The number of aromatic nitrogens is 1. The van der Waals surface area contributed by atoms with E-state index >= 15 is 0 Å². The molecule has 2 aromatic carbocycles. The first-order chi connectivity index (χ1) is 33.1. The summed E-state index contributed by atoms with van der Waals surface area (Å²) in [5.41, 5.74) is 3.64. The van der Waals surface area contributed by atoms with Crippen LogP contribution in [-0.4, -0.2) is 127 Å². The Bertz CT molecular complexity index is 2040. The number of carbonyl (C=O) groups excluding carboxylic acids is 5. The van der Waals surface area contributed by atoms with Crippen LogP contribution in [0.5, 0.6) is 0 Å². The lowest BCUT2D eigenvalue weighted by Crippen LogP contribution is -2.54. The summed E-state index contributed by atoms with van der Waals surface area (Å²) in [6, 6.07) is 17.4. The number of hydrogen-bond acceptors (Lipinski definition) is 10. The molecule has 1 aromatic heterocycles. The molecule has 0 radical (unpaired) electrons. The molecule has 0 unspecified atom stereocenters. The number of ether oxygens (including phenoxy) is 2. The predicted octanol–water partition coefficient (Wildman–Crippen LogP) is 9.20. The number of benzene rings is 2. The van der Waals surface area contributed by atoms with Crippen molar-refractivity contribution >= 4 is 41.1 Å². The van der Waals surface area contributed by atoms with Gasteiger partial charge >= 0.3 is 6.18 Å². The molecule has 0 saturated carbocycles. The van der Waals surface area contributed by atoms with Crippen molar-refractivity contribution < 1.29 is 46.6 Å². The van der Waals surface area contributed by atoms with Gasteiger partial charge in [0, 0.05) is 58.3 Å². The third-order valence-electron chi connectivity index (χ3n) is 13.9. The molecule has 4 rings (SSSR count). The van der Waals surface area contributed by atoms with Crippen molar-refractivity contribution in [1.82, 2.24) is 25.0 Å².